The minimum absolute atomic E-state index is 0.363. The molecule has 80 valence electrons. The van der Waals surface area contributed by atoms with Gasteiger partial charge in [0.15, 0.2) is 0 Å². The molecular formula is C11H12FNO2. The van der Waals surface area contributed by atoms with Crippen LogP contribution in [0.5, 0.6) is 0 Å². The second-order valence-corrected chi connectivity index (χ2v) is 3.47. The fraction of sp³-hybridized carbons (Fsp3) is 0.364. The minimum atomic E-state index is -0.499. The molecule has 0 saturated heterocycles. The van der Waals surface area contributed by atoms with E-state index < -0.39 is 6.09 Å². The number of carbonyl (C=O) groups is 1. The van der Waals surface area contributed by atoms with Crippen molar-refractivity contribution in [1.82, 2.24) is 0 Å². The van der Waals surface area contributed by atoms with Gasteiger partial charge in [0, 0.05) is 6.54 Å². The lowest BCUT2D eigenvalue weighted by Crippen LogP contribution is -2.36. The number of para-hydroxylation sites is 1. The van der Waals surface area contributed by atoms with Crippen LogP contribution < -0.4 is 4.90 Å². The molecule has 0 radical (unpaired) electrons. The summed E-state index contributed by atoms with van der Waals surface area (Å²) in [6, 6.07) is 4.86. The van der Waals surface area contributed by atoms with Crippen molar-refractivity contribution in [1.29, 1.82) is 0 Å². The number of hydrogen-bond acceptors (Lipinski definition) is 2. The predicted octanol–water partition coefficient (Wildman–Crippen LogP) is 2.34. The number of halogens is 1. The molecule has 1 aromatic carbocycles. The Morgan fingerprint density at radius 2 is 2.33 bits per heavy atom. The summed E-state index contributed by atoms with van der Waals surface area (Å²) in [4.78, 5) is 12.8. The molecule has 2 rings (SSSR count). The molecule has 0 spiro atoms. The molecule has 0 N–H and O–H groups in total. The van der Waals surface area contributed by atoms with Crippen molar-refractivity contribution in [2.75, 3.05) is 18.6 Å². The molecule has 0 fully saturated rings. The van der Waals surface area contributed by atoms with Crippen molar-refractivity contribution in [3.8, 4) is 0 Å². The Kier molecular flexibility index (Phi) is 2.58. The quantitative estimate of drug-likeness (QED) is 0.656. The number of aryl methyl sites for hydroxylation is 1. The molecule has 0 atom stereocenters. The Labute approximate surface area is 87.5 Å². The van der Waals surface area contributed by atoms with E-state index in [0.717, 1.165) is 18.4 Å². The molecule has 1 heterocycles. The van der Waals surface area contributed by atoms with E-state index in [-0.39, 0.29) is 5.82 Å². The van der Waals surface area contributed by atoms with Crippen LogP contribution in [0, 0.1) is 5.82 Å². The highest BCUT2D eigenvalue weighted by Gasteiger charge is 2.25. The second-order valence-electron chi connectivity index (χ2n) is 3.47. The number of rotatable bonds is 0. The first-order valence-electron chi connectivity index (χ1n) is 4.87. The van der Waals surface area contributed by atoms with Gasteiger partial charge in [0.25, 0.3) is 0 Å². The smallest absolute Gasteiger partial charge is 0.414 e. The number of fused-ring (bicyclic) bond motifs is 1. The van der Waals surface area contributed by atoms with E-state index in [4.69, 9.17) is 0 Å². The Morgan fingerprint density at radius 3 is 3.07 bits per heavy atom. The average molecular weight is 209 g/mol. The molecule has 1 aliphatic heterocycles. The van der Waals surface area contributed by atoms with Gasteiger partial charge in [-0.05, 0) is 24.5 Å². The summed E-state index contributed by atoms with van der Waals surface area (Å²) >= 11 is 0. The van der Waals surface area contributed by atoms with Crippen molar-refractivity contribution >= 4 is 11.8 Å². The van der Waals surface area contributed by atoms with E-state index in [1.54, 1.807) is 6.07 Å². The highest BCUT2D eigenvalue weighted by atomic mass is 19.1. The zero-order valence-corrected chi connectivity index (χ0v) is 8.50. The van der Waals surface area contributed by atoms with Crippen LogP contribution in [-0.4, -0.2) is 19.7 Å². The zero-order valence-electron chi connectivity index (χ0n) is 8.50. The third kappa shape index (κ3) is 1.67. The number of anilines is 1. The normalized spacial score (nSPS) is 14.7. The van der Waals surface area contributed by atoms with Crippen LogP contribution >= 0.6 is 0 Å². The average Bonchev–Trinajstić information content (AvgIpc) is 2.28. The molecule has 3 nitrogen and oxygen atoms in total. The minimum Gasteiger partial charge on any atom is -0.452 e. The van der Waals surface area contributed by atoms with E-state index in [1.807, 2.05) is 6.07 Å². The zero-order chi connectivity index (χ0) is 10.8. The van der Waals surface area contributed by atoms with E-state index in [2.05, 4.69) is 4.74 Å². The van der Waals surface area contributed by atoms with Gasteiger partial charge in [-0.25, -0.2) is 9.18 Å². The monoisotopic (exact) mass is 209 g/mol. The molecule has 4 heteroatoms. The summed E-state index contributed by atoms with van der Waals surface area (Å²) < 4.78 is 18.2. The van der Waals surface area contributed by atoms with Gasteiger partial charge in [0.2, 0.25) is 0 Å². The molecule has 0 bridgehead atoms. The van der Waals surface area contributed by atoms with Gasteiger partial charge in [0.1, 0.15) is 5.82 Å². The van der Waals surface area contributed by atoms with Crippen molar-refractivity contribution in [3.63, 3.8) is 0 Å². The first kappa shape index (κ1) is 9.96. The number of amides is 1. The SMILES string of the molecule is COC(=O)N1CCCc2cccc(F)c21. The van der Waals surface area contributed by atoms with Crippen LogP contribution in [0.4, 0.5) is 14.9 Å². The maximum atomic E-state index is 13.6. The van der Waals surface area contributed by atoms with E-state index in [1.165, 1.54) is 18.1 Å². The third-order valence-electron chi connectivity index (χ3n) is 2.56. The molecule has 1 aromatic rings. The van der Waals surface area contributed by atoms with Crippen molar-refractivity contribution in [2.45, 2.75) is 12.8 Å². The van der Waals surface area contributed by atoms with E-state index in [9.17, 15) is 9.18 Å². The number of nitrogens with zero attached hydrogens (tertiary/aromatic N) is 1. The largest absolute Gasteiger partial charge is 0.452 e. The first-order valence-corrected chi connectivity index (χ1v) is 4.87. The number of methoxy groups -OCH3 is 1. The molecular weight excluding hydrogens is 197 g/mol. The fourth-order valence-corrected chi connectivity index (χ4v) is 1.90. The number of benzene rings is 1. The summed E-state index contributed by atoms with van der Waals surface area (Å²) in [5, 5.41) is 0. The second kappa shape index (κ2) is 3.88. The lowest BCUT2D eigenvalue weighted by atomic mass is 10.0. The molecule has 1 amide bonds. The maximum absolute atomic E-state index is 13.6. The highest BCUT2D eigenvalue weighted by molar-refractivity contribution is 5.89. The maximum Gasteiger partial charge on any atom is 0.414 e. The van der Waals surface area contributed by atoms with Crippen LogP contribution in [-0.2, 0) is 11.2 Å². The van der Waals surface area contributed by atoms with Crippen LogP contribution in [0.3, 0.4) is 0 Å². The third-order valence-corrected chi connectivity index (χ3v) is 2.56. The summed E-state index contributed by atoms with van der Waals surface area (Å²) in [6.45, 7) is 0.514. The number of hydrogen-bond donors (Lipinski definition) is 0. The Bertz CT molecular complexity index is 392. The van der Waals surface area contributed by atoms with Gasteiger partial charge in [-0.2, -0.15) is 0 Å². The van der Waals surface area contributed by atoms with Crippen molar-refractivity contribution < 1.29 is 13.9 Å². The van der Waals surface area contributed by atoms with Crippen molar-refractivity contribution in [2.24, 2.45) is 0 Å². The van der Waals surface area contributed by atoms with Crippen molar-refractivity contribution in [3.05, 3.63) is 29.6 Å². The molecule has 15 heavy (non-hydrogen) atoms. The molecule has 0 aromatic heterocycles. The Hall–Kier alpha value is -1.58. The van der Waals surface area contributed by atoms with Crippen LogP contribution in [0.1, 0.15) is 12.0 Å². The van der Waals surface area contributed by atoms with Gasteiger partial charge in [-0.1, -0.05) is 12.1 Å². The Balaban J connectivity index is 2.45. The standard InChI is InChI=1S/C11H12FNO2/c1-15-11(14)13-7-3-5-8-4-2-6-9(12)10(8)13/h2,4,6H,3,5,7H2,1H3. The lowest BCUT2D eigenvalue weighted by molar-refractivity contribution is 0.178. The number of ether oxygens (including phenoxy) is 1. The predicted molar refractivity (Wildman–Crippen MR) is 54.5 cm³/mol. The van der Waals surface area contributed by atoms with E-state index in [0.29, 0.717) is 12.2 Å². The topological polar surface area (TPSA) is 29.5 Å². The van der Waals surface area contributed by atoms with E-state index >= 15 is 0 Å². The highest BCUT2D eigenvalue weighted by Crippen LogP contribution is 2.30. The van der Waals surface area contributed by atoms with Gasteiger partial charge < -0.3 is 4.74 Å². The summed E-state index contributed by atoms with van der Waals surface area (Å²) in [6.07, 6.45) is 1.15. The number of carbonyl (C=O) groups excluding carboxylic acids is 1. The van der Waals surface area contributed by atoms with Crippen LogP contribution in [0.25, 0.3) is 0 Å². The fourth-order valence-electron chi connectivity index (χ4n) is 1.90. The molecule has 0 saturated carbocycles. The molecule has 0 aliphatic carbocycles. The van der Waals surface area contributed by atoms with Crippen LogP contribution in [0.2, 0.25) is 0 Å². The molecule has 0 unspecified atom stereocenters. The summed E-state index contributed by atoms with van der Waals surface area (Å²) in [5.74, 6) is -0.363. The van der Waals surface area contributed by atoms with Gasteiger partial charge in [-0.3, -0.25) is 4.90 Å². The molecule has 1 aliphatic rings. The van der Waals surface area contributed by atoms with Crippen LogP contribution in [0.15, 0.2) is 18.2 Å². The van der Waals surface area contributed by atoms with Gasteiger partial charge in [-0.15, -0.1) is 0 Å². The Morgan fingerprint density at radius 1 is 1.53 bits per heavy atom. The summed E-state index contributed by atoms with van der Waals surface area (Å²) in [7, 11) is 1.30. The lowest BCUT2D eigenvalue weighted by Gasteiger charge is -2.28. The summed E-state index contributed by atoms with van der Waals surface area (Å²) in [5.41, 5.74) is 1.24. The van der Waals surface area contributed by atoms with Gasteiger partial charge in [0.05, 0.1) is 12.8 Å². The van der Waals surface area contributed by atoms with Gasteiger partial charge >= 0.3 is 6.09 Å². The first-order chi connectivity index (χ1) is 7.24.